The topological polar surface area (TPSA) is 121 Å². The maximum Gasteiger partial charge on any atom is 0.272 e. The van der Waals surface area contributed by atoms with Crippen LogP contribution in [0.25, 0.3) is 10.9 Å². The molecule has 1 heterocycles. The molecule has 0 aliphatic carbocycles. The van der Waals surface area contributed by atoms with Crippen LogP contribution in [0.4, 0.5) is 5.69 Å². The van der Waals surface area contributed by atoms with Gasteiger partial charge in [-0.3, -0.25) is 20.0 Å². The molecule has 2 aromatic carbocycles. The maximum atomic E-state index is 12.4. The second kappa shape index (κ2) is 6.33. The second-order valence-corrected chi connectivity index (χ2v) is 5.88. The van der Waals surface area contributed by atoms with Crippen molar-refractivity contribution >= 4 is 22.5 Å². The van der Waals surface area contributed by atoms with Crippen LogP contribution in [0, 0.1) is 10.1 Å². The minimum Gasteiger partial charge on any atom is -0.384 e. The number of aromatic amines is 1. The molecule has 1 aromatic heterocycles. The Morgan fingerprint density at radius 2 is 2.04 bits per heavy atom. The molecule has 0 fully saturated rings. The lowest BCUT2D eigenvalue weighted by Gasteiger charge is -2.24. The number of nitro groups is 1. The fourth-order valence-electron chi connectivity index (χ4n) is 2.52. The number of carbonyl (C=O) groups excluding carboxylic acids is 1. The van der Waals surface area contributed by atoms with Crippen LogP contribution in [0.15, 0.2) is 48.5 Å². The molecule has 1 amide bonds. The second-order valence-electron chi connectivity index (χ2n) is 5.88. The van der Waals surface area contributed by atoms with Crippen molar-refractivity contribution < 1.29 is 14.8 Å². The van der Waals surface area contributed by atoms with Gasteiger partial charge in [0.05, 0.1) is 17.0 Å². The number of non-ortho nitro benzene ring substituents is 1. The van der Waals surface area contributed by atoms with Gasteiger partial charge in [-0.05, 0) is 18.6 Å². The lowest BCUT2D eigenvalue weighted by molar-refractivity contribution is -0.384. The van der Waals surface area contributed by atoms with E-state index in [9.17, 15) is 20.0 Å². The molecule has 3 rings (SSSR count). The van der Waals surface area contributed by atoms with E-state index in [-0.39, 0.29) is 17.9 Å². The normalized spacial score (nSPS) is 13.4. The van der Waals surface area contributed by atoms with Gasteiger partial charge < -0.3 is 10.4 Å². The lowest BCUT2D eigenvalue weighted by Crippen LogP contribution is -2.38. The van der Waals surface area contributed by atoms with Gasteiger partial charge in [-0.1, -0.05) is 30.3 Å². The van der Waals surface area contributed by atoms with Crippen molar-refractivity contribution in [3.8, 4) is 0 Å². The van der Waals surface area contributed by atoms with Gasteiger partial charge in [-0.15, -0.1) is 0 Å². The van der Waals surface area contributed by atoms with Crippen LogP contribution < -0.4 is 5.32 Å². The van der Waals surface area contributed by atoms with Crippen LogP contribution >= 0.6 is 0 Å². The Bertz CT molecular complexity index is 934. The van der Waals surface area contributed by atoms with Crippen molar-refractivity contribution in [2.24, 2.45) is 0 Å². The van der Waals surface area contributed by atoms with Gasteiger partial charge in [0.15, 0.2) is 5.69 Å². The Morgan fingerprint density at radius 3 is 2.72 bits per heavy atom. The molecule has 0 spiro atoms. The molecule has 8 heteroatoms. The van der Waals surface area contributed by atoms with Crippen LogP contribution in [0.3, 0.4) is 0 Å². The van der Waals surface area contributed by atoms with E-state index < -0.39 is 16.4 Å². The van der Waals surface area contributed by atoms with Crippen molar-refractivity contribution in [3.63, 3.8) is 0 Å². The van der Waals surface area contributed by atoms with Crippen molar-refractivity contribution in [2.75, 3.05) is 6.54 Å². The minimum absolute atomic E-state index is 0.0286. The lowest BCUT2D eigenvalue weighted by atomic mass is 9.96. The Hall–Kier alpha value is -3.26. The summed E-state index contributed by atoms with van der Waals surface area (Å²) in [6, 6.07) is 13.1. The van der Waals surface area contributed by atoms with Gasteiger partial charge in [0.1, 0.15) is 5.60 Å². The molecule has 1 unspecified atom stereocenters. The summed E-state index contributed by atoms with van der Waals surface area (Å²) in [5.74, 6) is -0.525. The monoisotopic (exact) mass is 340 g/mol. The highest BCUT2D eigenvalue weighted by molar-refractivity contribution is 6.05. The third-order valence-corrected chi connectivity index (χ3v) is 3.96. The van der Waals surface area contributed by atoms with E-state index in [1.54, 1.807) is 31.2 Å². The first kappa shape index (κ1) is 16.6. The van der Waals surface area contributed by atoms with Crippen molar-refractivity contribution in [1.29, 1.82) is 0 Å². The fraction of sp³-hybridized carbons (Fsp3) is 0.176. The molecule has 0 aliphatic heterocycles. The number of rotatable bonds is 5. The first-order chi connectivity index (χ1) is 11.9. The number of nitrogens with one attached hydrogen (secondary N) is 2. The van der Waals surface area contributed by atoms with E-state index in [0.717, 1.165) is 0 Å². The summed E-state index contributed by atoms with van der Waals surface area (Å²) in [4.78, 5) is 22.8. The standard InChI is InChI=1S/C17H16N4O4/c1-17(23,11-5-3-2-4-6-11)10-18-16(22)15-13-9-12(21(24)25)7-8-14(13)19-20-15/h2-9,23H,10H2,1H3,(H,18,22)(H,19,20). The summed E-state index contributed by atoms with van der Waals surface area (Å²) in [5, 5.41) is 31.0. The molecule has 128 valence electrons. The number of nitrogens with zero attached hydrogens (tertiary/aromatic N) is 2. The molecule has 0 saturated heterocycles. The number of nitro benzene ring substituents is 1. The molecular weight excluding hydrogens is 324 g/mol. The number of hydrogen-bond acceptors (Lipinski definition) is 5. The Balaban J connectivity index is 1.81. The first-order valence-electron chi connectivity index (χ1n) is 7.57. The number of H-pyrrole nitrogens is 1. The van der Waals surface area contributed by atoms with Crippen LogP contribution in [-0.4, -0.2) is 32.7 Å². The van der Waals surface area contributed by atoms with Gasteiger partial charge in [-0.25, -0.2) is 0 Å². The quantitative estimate of drug-likeness (QED) is 0.485. The number of amides is 1. The number of benzene rings is 2. The molecule has 1 atom stereocenters. The molecule has 0 aliphatic rings. The molecule has 0 radical (unpaired) electrons. The van der Waals surface area contributed by atoms with Crippen LogP contribution in [0.2, 0.25) is 0 Å². The predicted octanol–water partition coefficient (Wildman–Crippen LogP) is 2.11. The zero-order chi connectivity index (χ0) is 18.0. The van der Waals surface area contributed by atoms with Crippen molar-refractivity contribution in [1.82, 2.24) is 15.5 Å². The van der Waals surface area contributed by atoms with Gasteiger partial charge in [0.2, 0.25) is 0 Å². The summed E-state index contributed by atoms with van der Waals surface area (Å²) < 4.78 is 0. The average molecular weight is 340 g/mol. The average Bonchev–Trinajstić information content (AvgIpc) is 3.03. The van der Waals surface area contributed by atoms with Crippen molar-refractivity contribution in [2.45, 2.75) is 12.5 Å². The summed E-state index contributed by atoms with van der Waals surface area (Å²) in [7, 11) is 0. The van der Waals surface area contributed by atoms with Crippen LogP contribution in [-0.2, 0) is 5.60 Å². The van der Waals surface area contributed by atoms with Gasteiger partial charge >= 0.3 is 0 Å². The first-order valence-corrected chi connectivity index (χ1v) is 7.57. The van der Waals surface area contributed by atoms with Gasteiger partial charge in [0.25, 0.3) is 11.6 Å². The minimum atomic E-state index is -1.25. The summed E-state index contributed by atoms with van der Waals surface area (Å²) >= 11 is 0. The molecule has 3 aromatic rings. The number of aliphatic hydroxyl groups is 1. The number of fused-ring (bicyclic) bond motifs is 1. The highest BCUT2D eigenvalue weighted by Gasteiger charge is 2.25. The third-order valence-electron chi connectivity index (χ3n) is 3.96. The Kier molecular flexibility index (Phi) is 4.20. The van der Waals surface area contributed by atoms with Crippen LogP contribution in [0.5, 0.6) is 0 Å². The van der Waals surface area contributed by atoms with Crippen LogP contribution in [0.1, 0.15) is 23.0 Å². The smallest absolute Gasteiger partial charge is 0.272 e. The number of hydrogen-bond donors (Lipinski definition) is 3. The zero-order valence-electron chi connectivity index (χ0n) is 13.4. The predicted molar refractivity (Wildman–Crippen MR) is 91.1 cm³/mol. The SMILES string of the molecule is CC(O)(CNC(=O)c1n[nH]c2ccc([N+](=O)[O-])cc12)c1ccccc1. The summed E-state index contributed by atoms with van der Waals surface area (Å²) in [5.41, 5.74) is -0.153. The van der Waals surface area contributed by atoms with E-state index in [0.29, 0.717) is 16.5 Å². The van der Waals surface area contributed by atoms with E-state index in [1.165, 1.54) is 18.2 Å². The van der Waals surface area contributed by atoms with E-state index in [1.807, 2.05) is 6.07 Å². The number of carbonyl (C=O) groups is 1. The molecule has 25 heavy (non-hydrogen) atoms. The Labute approximate surface area is 142 Å². The highest BCUT2D eigenvalue weighted by atomic mass is 16.6. The molecule has 8 nitrogen and oxygen atoms in total. The van der Waals surface area contributed by atoms with Gasteiger partial charge in [-0.2, -0.15) is 5.10 Å². The third kappa shape index (κ3) is 3.33. The number of aromatic nitrogens is 2. The fourth-order valence-corrected chi connectivity index (χ4v) is 2.52. The molecular formula is C17H16N4O4. The van der Waals surface area contributed by atoms with E-state index in [2.05, 4.69) is 15.5 Å². The maximum absolute atomic E-state index is 12.4. The summed E-state index contributed by atoms with van der Waals surface area (Å²) in [6.07, 6.45) is 0. The van der Waals surface area contributed by atoms with E-state index >= 15 is 0 Å². The molecule has 3 N–H and O–H groups in total. The largest absolute Gasteiger partial charge is 0.384 e. The van der Waals surface area contributed by atoms with Crippen molar-refractivity contribution in [3.05, 3.63) is 69.9 Å². The zero-order valence-corrected chi connectivity index (χ0v) is 13.4. The highest BCUT2D eigenvalue weighted by Crippen LogP contribution is 2.23. The van der Waals surface area contributed by atoms with Gasteiger partial charge in [0, 0.05) is 17.5 Å². The summed E-state index contributed by atoms with van der Waals surface area (Å²) in [6.45, 7) is 1.56. The Morgan fingerprint density at radius 1 is 1.32 bits per heavy atom. The molecule has 0 bridgehead atoms. The van der Waals surface area contributed by atoms with E-state index in [4.69, 9.17) is 0 Å². The molecule has 0 saturated carbocycles.